The minimum Gasteiger partial charge on any atom is -0.481 e. The number of carboxylic acid groups (broad SMARTS) is 1. The first-order valence-electron chi connectivity index (χ1n) is 8.75. The van der Waals surface area contributed by atoms with E-state index in [4.69, 9.17) is 28.3 Å². The summed E-state index contributed by atoms with van der Waals surface area (Å²) in [5.41, 5.74) is 0.738. The maximum atomic E-state index is 12.9. The molecule has 1 aliphatic heterocycles. The zero-order valence-electron chi connectivity index (χ0n) is 14.7. The van der Waals surface area contributed by atoms with Gasteiger partial charge in [0.1, 0.15) is 0 Å². The van der Waals surface area contributed by atoms with Crippen LogP contribution in [-0.2, 0) is 11.0 Å². The number of carboxylic acids is 1. The van der Waals surface area contributed by atoms with Gasteiger partial charge in [-0.3, -0.25) is 4.79 Å². The topological polar surface area (TPSA) is 40.5 Å². The van der Waals surface area contributed by atoms with E-state index >= 15 is 0 Å². The molecule has 1 heterocycles. The summed E-state index contributed by atoms with van der Waals surface area (Å²) < 4.78 is 38.7. The number of carbonyl (C=O) groups is 1. The van der Waals surface area contributed by atoms with Crippen LogP contribution >= 0.6 is 23.2 Å². The lowest BCUT2D eigenvalue weighted by Crippen LogP contribution is -2.37. The first-order valence-corrected chi connectivity index (χ1v) is 9.51. The molecule has 0 amide bonds. The van der Waals surface area contributed by atoms with Crippen LogP contribution in [0.1, 0.15) is 36.4 Å². The van der Waals surface area contributed by atoms with Crippen LogP contribution in [-0.4, -0.2) is 17.6 Å². The minimum atomic E-state index is -4.41. The predicted octanol–water partition coefficient (Wildman–Crippen LogP) is 6.44. The summed E-state index contributed by atoms with van der Waals surface area (Å²) in [7, 11) is 0. The lowest BCUT2D eigenvalue weighted by atomic mass is 9.84. The molecule has 1 saturated heterocycles. The molecule has 1 fully saturated rings. The van der Waals surface area contributed by atoms with Gasteiger partial charge in [0, 0.05) is 28.7 Å². The van der Waals surface area contributed by atoms with Crippen molar-refractivity contribution < 1.29 is 23.1 Å². The second-order valence-electron chi connectivity index (χ2n) is 6.94. The summed E-state index contributed by atoms with van der Waals surface area (Å²) in [6.45, 7) is 0.556. The molecule has 0 spiro atoms. The van der Waals surface area contributed by atoms with Crippen molar-refractivity contribution in [2.75, 3.05) is 11.4 Å². The molecule has 28 heavy (non-hydrogen) atoms. The summed E-state index contributed by atoms with van der Waals surface area (Å²) in [4.78, 5) is 13.2. The average molecular weight is 432 g/mol. The third-order valence-electron chi connectivity index (χ3n) is 4.98. The fourth-order valence-corrected chi connectivity index (χ4v) is 4.21. The number of alkyl halides is 3. The quantitative estimate of drug-likeness (QED) is 0.604. The second kappa shape index (κ2) is 8.21. The third-order valence-corrected chi connectivity index (χ3v) is 5.41. The number of nitrogens with zero attached hydrogens (tertiary/aromatic N) is 1. The van der Waals surface area contributed by atoms with Crippen molar-refractivity contribution in [3.8, 4) is 0 Å². The predicted molar refractivity (Wildman–Crippen MR) is 103 cm³/mol. The van der Waals surface area contributed by atoms with Gasteiger partial charge in [-0.25, -0.2) is 0 Å². The van der Waals surface area contributed by atoms with Gasteiger partial charge in [0.25, 0.3) is 0 Å². The maximum Gasteiger partial charge on any atom is 0.416 e. The van der Waals surface area contributed by atoms with E-state index in [1.807, 2.05) is 4.90 Å². The molecule has 0 aliphatic carbocycles. The number of piperidine rings is 1. The molecule has 150 valence electrons. The van der Waals surface area contributed by atoms with E-state index in [0.717, 1.165) is 17.8 Å². The molecule has 2 aromatic rings. The van der Waals surface area contributed by atoms with Crippen molar-refractivity contribution >= 4 is 34.9 Å². The first kappa shape index (κ1) is 20.8. The Hall–Kier alpha value is -1.92. The molecule has 0 aromatic heterocycles. The Morgan fingerprint density at radius 1 is 1.11 bits per heavy atom. The summed E-state index contributed by atoms with van der Waals surface area (Å²) >= 11 is 12.2. The van der Waals surface area contributed by atoms with Crippen LogP contribution in [0.4, 0.5) is 18.9 Å². The molecule has 3 rings (SSSR count). The van der Waals surface area contributed by atoms with E-state index in [1.165, 1.54) is 12.1 Å². The van der Waals surface area contributed by atoms with Crippen molar-refractivity contribution in [1.82, 2.24) is 0 Å². The number of hydrogen-bond acceptors (Lipinski definition) is 2. The lowest BCUT2D eigenvalue weighted by molar-refractivity contribution is -0.139. The Labute approximate surface area is 170 Å². The van der Waals surface area contributed by atoms with Gasteiger partial charge in [0.05, 0.1) is 11.6 Å². The van der Waals surface area contributed by atoms with Gasteiger partial charge in [-0.15, -0.1) is 0 Å². The summed E-state index contributed by atoms with van der Waals surface area (Å²) in [5.74, 6) is -0.939. The van der Waals surface area contributed by atoms with Gasteiger partial charge >= 0.3 is 12.1 Å². The normalized spacial score (nSPS) is 20.2. The maximum absolute atomic E-state index is 12.9. The van der Waals surface area contributed by atoms with Crippen molar-refractivity contribution in [2.24, 2.45) is 5.92 Å². The molecule has 3 nitrogen and oxygen atoms in total. The Morgan fingerprint density at radius 2 is 1.71 bits per heavy atom. The fourth-order valence-electron chi connectivity index (χ4n) is 3.70. The van der Waals surface area contributed by atoms with Gasteiger partial charge < -0.3 is 10.0 Å². The fraction of sp³-hybridized carbons (Fsp3) is 0.350. The summed E-state index contributed by atoms with van der Waals surface area (Å²) in [6.07, 6.45) is -3.20. The molecule has 2 atom stereocenters. The van der Waals surface area contributed by atoms with E-state index < -0.39 is 17.7 Å². The molecule has 1 N–H and O–H groups in total. The van der Waals surface area contributed by atoms with E-state index in [0.29, 0.717) is 35.0 Å². The van der Waals surface area contributed by atoms with Crippen LogP contribution in [0.2, 0.25) is 10.0 Å². The van der Waals surface area contributed by atoms with Gasteiger partial charge in [-0.05, 0) is 54.7 Å². The van der Waals surface area contributed by atoms with Gasteiger partial charge in [0.15, 0.2) is 0 Å². The summed E-state index contributed by atoms with van der Waals surface area (Å²) in [5, 5.41) is 10.0. The number of anilines is 1. The smallest absolute Gasteiger partial charge is 0.416 e. The molecule has 0 bridgehead atoms. The molecule has 1 aliphatic rings. The standard InChI is InChI=1S/C20H18Cl2F3NO2/c21-15-9-16(22)11-17(10-15)26-6-5-12(8-19(27)28)7-18(26)13-1-3-14(4-2-13)20(23,24)25/h1-4,9-12,18H,5-8H2,(H,27,28)/t12-,18+/m1/s1. The van der Waals surface area contributed by atoms with E-state index in [2.05, 4.69) is 0 Å². The molecule has 2 aromatic carbocycles. The third kappa shape index (κ3) is 4.92. The van der Waals surface area contributed by atoms with E-state index in [9.17, 15) is 18.0 Å². The minimum absolute atomic E-state index is 0.0290. The molecule has 0 saturated carbocycles. The number of benzene rings is 2. The number of aliphatic carboxylic acids is 1. The largest absolute Gasteiger partial charge is 0.481 e. The highest BCUT2D eigenvalue weighted by Gasteiger charge is 2.33. The van der Waals surface area contributed by atoms with Gasteiger partial charge in [0.2, 0.25) is 0 Å². The Balaban J connectivity index is 1.95. The molecule has 0 radical (unpaired) electrons. The number of rotatable bonds is 4. The molecular weight excluding hydrogens is 414 g/mol. The van der Waals surface area contributed by atoms with Crippen molar-refractivity contribution in [3.05, 3.63) is 63.6 Å². The van der Waals surface area contributed by atoms with Gasteiger partial charge in [-0.2, -0.15) is 13.2 Å². The average Bonchev–Trinajstić information content (AvgIpc) is 2.59. The van der Waals surface area contributed by atoms with Crippen molar-refractivity contribution in [1.29, 1.82) is 0 Å². The van der Waals surface area contributed by atoms with E-state index in [1.54, 1.807) is 18.2 Å². The van der Waals surface area contributed by atoms with Crippen LogP contribution in [0.15, 0.2) is 42.5 Å². The zero-order chi connectivity index (χ0) is 20.5. The molecule has 8 heteroatoms. The number of hydrogen-bond donors (Lipinski definition) is 1. The highest BCUT2D eigenvalue weighted by atomic mass is 35.5. The van der Waals surface area contributed by atoms with Crippen LogP contribution in [0, 0.1) is 5.92 Å². The summed E-state index contributed by atoms with van der Waals surface area (Å²) in [6, 6.07) is 9.86. The lowest BCUT2D eigenvalue weighted by Gasteiger charge is -2.41. The van der Waals surface area contributed by atoms with Gasteiger partial charge in [-0.1, -0.05) is 35.3 Å². The molecule has 0 unspecified atom stereocenters. The highest BCUT2D eigenvalue weighted by molar-refractivity contribution is 6.35. The second-order valence-corrected chi connectivity index (χ2v) is 7.82. The monoisotopic (exact) mass is 431 g/mol. The van der Waals surface area contributed by atoms with Crippen LogP contribution in [0.5, 0.6) is 0 Å². The molecular formula is C20H18Cl2F3NO2. The highest BCUT2D eigenvalue weighted by Crippen LogP contribution is 2.41. The van der Waals surface area contributed by atoms with Crippen LogP contribution in [0.3, 0.4) is 0 Å². The zero-order valence-corrected chi connectivity index (χ0v) is 16.2. The Morgan fingerprint density at radius 3 is 2.25 bits per heavy atom. The van der Waals surface area contributed by atoms with Crippen molar-refractivity contribution in [2.45, 2.75) is 31.5 Å². The first-order chi connectivity index (χ1) is 13.1. The van der Waals surface area contributed by atoms with Crippen LogP contribution in [0.25, 0.3) is 0 Å². The van der Waals surface area contributed by atoms with Crippen molar-refractivity contribution in [3.63, 3.8) is 0 Å². The van der Waals surface area contributed by atoms with Crippen LogP contribution < -0.4 is 4.90 Å². The Kier molecular flexibility index (Phi) is 6.10. The number of halogens is 5. The SMILES string of the molecule is O=C(O)C[C@@H]1CCN(c2cc(Cl)cc(Cl)c2)[C@H](c2ccc(C(F)(F)F)cc2)C1. The van der Waals surface area contributed by atoms with E-state index in [-0.39, 0.29) is 18.4 Å². The Bertz CT molecular complexity index is 835.